The van der Waals surface area contributed by atoms with Crippen molar-refractivity contribution in [2.75, 3.05) is 6.54 Å². The maximum Gasteiger partial charge on any atom is 0.129 e. The maximum atomic E-state index is 9.38. The highest BCUT2D eigenvalue weighted by atomic mass is 79.9. The van der Waals surface area contributed by atoms with Gasteiger partial charge in [0.25, 0.3) is 0 Å². The molecule has 0 unspecified atom stereocenters. The number of halogens is 1. The van der Waals surface area contributed by atoms with Gasteiger partial charge in [0.2, 0.25) is 0 Å². The molecule has 0 saturated carbocycles. The fourth-order valence-electron chi connectivity index (χ4n) is 1.69. The van der Waals surface area contributed by atoms with Crippen molar-refractivity contribution < 1.29 is 5.11 Å². The van der Waals surface area contributed by atoms with Gasteiger partial charge in [-0.25, -0.2) is 0 Å². The first-order chi connectivity index (χ1) is 8.75. The zero-order chi connectivity index (χ0) is 12.8. The van der Waals surface area contributed by atoms with E-state index in [-0.39, 0.29) is 5.75 Å². The van der Waals surface area contributed by atoms with E-state index in [9.17, 15) is 5.11 Å². The SMILES string of the molecule is Oc1ccc(CNCCCn2cccn2)cc1Br. The zero-order valence-corrected chi connectivity index (χ0v) is 11.6. The Hall–Kier alpha value is -1.33. The Balaban J connectivity index is 1.67. The summed E-state index contributed by atoms with van der Waals surface area (Å²) in [5.74, 6) is 0.275. The van der Waals surface area contributed by atoms with Crippen molar-refractivity contribution in [3.05, 3.63) is 46.7 Å². The number of nitrogens with zero attached hydrogens (tertiary/aromatic N) is 2. The first-order valence-corrected chi connectivity index (χ1v) is 6.70. The van der Waals surface area contributed by atoms with Crippen LogP contribution in [0.2, 0.25) is 0 Å². The fraction of sp³-hybridized carbons (Fsp3) is 0.308. The summed E-state index contributed by atoms with van der Waals surface area (Å²) in [4.78, 5) is 0. The lowest BCUT2D eigenvalue weighted by atomic mass is 10.2. The third kappa shape index (κ3) is 3.85. The summed E-state index contributed by atoms with van der Waals surface area (Å²) in [6.45, 7) is 2.68. The van der Waals surface area contributed by atoms with E-state index in [1.807, 2.05) is 29.1 Å². The molecular formula is C13H16BrN3O. The van der Waals surface area contributed by atoms with Crippen LogP contribution in [0.1, 0.15) is 12.0 Å². The average Bonchev–Trinajstić information content (AvgIpc) is 2.86. The Morgan fingerprint density at radius 3 is 3.00 bits per heavy atom. The molecule has 1 aromatic carbocycles. The molecule has 0 fully saturated rings. The highest BCUT2D eigenvalue weighted by Crippen LogP contribution is 2.24. The molecule has 0 aliphatic heterocycles. The molecule has 0 atom stereocenters. The van der Waals surface area contributed by atoms with Crippen molar-refractivity contribution in [1.29, 1.82) is 0 Å². The maximum absolute atomic E-state index is 9.38. The van der Waals surface area contributed by atoms with E-state index in [1.165, 1.54) is 0 Å². The van der Waals surface area contributed by atoms with Gasteiger partial charge in [0.05, 0.1) is 4.47 Å². The summed E-state index contributed by atoms with van der Waals surface area (Å²) >= 11 is 3.31. The summed E-state index contributed by atoms with van der Waals surface area (Å²) < 4.78 is 2.66. The first kappa shape index (κ1) is 13.1. The minimum absolute atomic E-state index is 0.275. The number of hydrogen-bond donors (Lipinski definition) is 2. The molecule has 1 aromatic heterocycles. The van der Waals surface area contributed by atoms with Crippen molar-refractivity contribution in [3.8, 4) is 5.75 Å². The predicted octanol–water partition coefficient (Wildman–Crippen LogP) is 2.53. The molecule has 0 amide bonds. The number of phenols is 1. The van der Waals surface area contributed by atoms with Gasteiger partial charge < -0.3 is 10.4 Å². The molecule has 5 heteroatoms. The van der Waals surface area contributed by atoms with Gasteiger partial charge in [-0.05, 0) is 52.7 Å². The summed E-state index contributed by atoms with van der Waals surface area (Å²) in [6.07, 6.45) is 4.80. The number of phenolic OH excluding ortho intramolecular Hbond substituents is 1. The van der Waals surface area contributed by atoms with E-state index >= 15 is 0 Å². The van der Waals surface area contributed by atoms with Gasteiger partial charge >= 0.3 is 0 Å². The Morgan fingerprint density at radius 1 is 1.39 bits per heavy atom. The Bertz CT molecular complexity index is 485. The average molecular weight is 310 g/mol. The number of hydrogen-bond acceptors (Lipinski definition) is 3. The monoisotopic (exact) mass is 309 g/mol. The van der Waals surface area contributed by atoms with E-state index < -0.39 is 0 Å². The van der Waals surface area contributed by atoms with E-state index in [4.69, 9.17) is 0 Å². The normalized spacial score (nSPS) is 10.7. The van der Waals surface area contributed by atoms with Gasteiger partial charge in [0.15, 0.2) is 0 Å². The largest absolute Gasteiger partial charge is 0.507 e. The Kier molecular flexibility index (Phi) is 4.78. The predicted molar refractivity (Wildman–Crippen MR) is 74.4 cm³/mol. The quantitative estimate of drug-likeness (QED) is 0.806. The molecule has 0 saturated heterocycles. The molecule has 0 spiro atoms. The molecular weight excluding hydrogens is 294 g/mol. The second-order valence-electron chi connectivity index (χ2n) is 4.09. The van der Waals surface area contributed by atoms with Crippen LogP contribution in [-0.4, -0.2) is 21.4 Å². The molecule has 0 bridgehead atoms. The molecule has 1 heterocycles. The Morgan fingerprint density at radius 2 is 2.28 bits per heavy atom. The minimum atomic E-state index is 0.275. The summed E-state index contributed by atoms with van der Waals surface area (Å²) in [5, 5.41) is 16.9. The molecule has 0 aliphatic rings. The van der Waals surface area contributed by atoms with Crippen LogP contribution in [0.25, 0.3) is 0 Å². The van der Waals surface area contributed by atoms with Crippen LogP contribution in [0.15, 0.2) is 41.1 Å². The van der Waals surface area contributed by atoms with E-state index in [0.29, 0.717) is 0 Å². The van der Waals surface area contributed by atoms with Crippen molar-refractivity contribution >= 4 is 15.9 Å². The number of benzene rings is 1. The standard InChI is InChI=1S/C13H16BrN3O/c14-12-9-11(3-4-13(12)18)10-15-5-1-7-17-8-2-6-16-17/h2-4,6,8-9,15,18H,1,5,7,10H2. The number of nitrogens with one attached hydrogen (secondary N) is 1. The molecule has 0 aliphatic carbocycles. The summed E-state index contributed by atoms with van der Waals surface area (Å²) in [5.41, 5.74) is 1.15. The van der Waals surface area contributed by atoms with Crippen LogP contribution in [-0.2, 0) is 13.1 Å². The van der Waals surface area contributed by atoms with Gasteiger partial charge in [-0.15, -0.1) is 0 Å². The summed E-state index contributed by atoms with van der Waals surface area (Å²) in [7, 11) is 0. The first-order valence-electron chi connectivity index (χ1n) is 5.91. The van der Waals surface area contributed by atoms with Gasteiger partial charge in [-0.1, -0.05) is 6.07 Å². The molecule has 2 aromatic rings. The lowest BCUT2D eigenvalue weighted by molar-refractivity contribution is 0.471. The number of rotatable bonds is 6. The smallest absolute Gasteiger partial charge is 0.129 e. The third-order valence-electron chi connectivity index (χ3n) is 2.64. The third-order valence-corrected chi connectivity index (χ3v) is 3.28. The van der Waals surface area contributed by atoms with E-state index in [2.05, 4.69) is 26.3 Å². The van der Waals surface area contributed by atoms with Crippen LogP contribution in [0.4, 0.5) is 0 Å². The van der Waals surface area contributed by atoms with Crippen LogP contribution in [0.3, 0.4) is 0 Å². The Labute approximate surface area is 115 Å². The van der Waals surface area contributed by atoms with Crippen molar-refractivity contribution in [2.45, 2.75) is 19.5 Å². The number of aromatic nitrogens is 2. The molecule has 0 radical (unpaired) electrons. The lowest BCUT2D eigenvalue weighted by Gasteiger charge is -2.06. The van der Waals surface area contributed by atoms with E-state index in [1.54, 1.807) is 12.3 Å². The van der Waals surface area contributed by atoms with Gasteiger partial charge in [0.1, 0.15) is 5.75 Å². The van der Waals surface area contributed by atoms with Crippen LogP contribution < -0.4 is 5.32 Å². The number of aryl methyl sites for hydroxylation is 1. The van der Waals surface area contributed by atoms with E-state index in [0.717, 1.165) is 36.1 Å². The highest BCUT2D eigenvalue weighted by molar-refractivity contribution is 9.10. The van der Waals surface area contributed by atoms with Crippen molar-refractivity contribution in [1.82, 2.24) is 15.1 Å². The minimum Gasteiger partial charge on any atom is -0.507 e. The second kappa shape index (κ2) is 6.56. The summed E-state index contributed by atoms with van der Waals surface area (Å²) in [6, 6.07) is 7.47. The van der Waals surface area contributed by atoms with Crippen molar-refractivity contribution in [3.63, 3.8) is 0 Å². The number of aromatic hydroxyl groups is 1. The van der Waals surface area contributed by atoms with Gasteiger partial charge in [-0.3, -0.25) is 4.68 Å². The van der Waals surface area contributed by atoms with Crippen molar-refractivity contribution in [2.24, 2.45) is 0 Å². The highest BCUT2D eigenvalue weighted by Gasteiger charge is 1.99. The lowest BCUT2D eigenvalue weighted by Crippen LogP contribution is -2.16. The van der Waals surface area contributed by atoms with Crippen LogP contribution >= 0.6 is 15.9 Å². The topological polar surface area (TPSA) is 50.1 Å². The zero-order valence-electron chi connectivity index (χ0n) is 10.0. The molecule has 4 nitrogen and oxygen atoms in total. The van der Waals surface area contributed by atoms with Gasteiger partial charge in [0, 0.05) is 25.5 Å². The molecule has 2 N–H and O–H groups in total. The molecule has 96 valence electrons. The molecule has 2 rings (SSSR count). The van der Waals surface area contributed by atoms with Crippen LogP contribution in [0, 0.1) is 0 Å². The van der Waals surface area contributed by atoms with Crippen LogP contribution in [0.5, 0.6) is 5.75 Å². The fourth-order valence-corrected chi connectivity index (χ4v) is 2.12. The second-order valence-corrected chi connectivity index (χ2v) is 4.94. The van der Waals surface area contributed by atoms with Gasteiger partial charge in [-0.2, -0.15) is 5.10 Å². The molecule has 18 heavy (non-hydrogen) atoms.